The maximum atomic E-state index is 12.7. The molecule has 0 bridgehead atoms. The van der Waals surface area contributed by atoms with Gasteiger partial charge >= 0.3 is 5.63 Å². The second-order valence-electron chi connectivity index (χ2n) is 5.85. The van der Waals surface area contributed by atoms with Gasteiger partial charge in [-0.2, -0.15) is 0 Å². The highest BCUT2D eigenvalue weighted by molar-refractivity contribution is 6.12. The average Bonchev–Trinajstić information content (AvgIpc) is 2.56. The molecule has 0 spiro atoms. The van der Waals surface area contributed by atoms with E-state index in [0.717, 1.165) is 0 Å². The van der Waals surface area contributed by atoms with E-state index in [9.17, 15) is 24.9 Å². The maximum Gasteiger partial charge on any atom is 0.347 e. The van der Waals surface area contributed by atoms with Crippen molar-refractivity contribution in [2.24, 2.45) is 0 Å². The fraction of sp³-hybridized carbons (Fsp3) is 0.200. The first kappa shape index (κ1) is 19.1. The SMILES string of the molecule is C/C=C/C=C/C(=O)c1c(O)c(C)c(O)c(C)c1-c1c(O)cc(C)oc1=O. The van der Waals surface area contributed by atoms with E-state index in [1.54, 1.807) is 19.1 Å². The number of hydrogen-bond donors (Lipinski definition) is 3. The molecule has 0 atom stereocenters. The fourth-order valence-electron chi connectivity index (χ4n) is 2.72. The minimum Gasteiger partial charge on any atom is -0.507 e. The number of phenols is 2. The molecular weight excluding hydrogens is 336 g/mol. The smallest absolute Gasteiger partial charge is 0.347 e. The zero-order chi connectivity index (χ0) is 19.6. The molecule has 26 heavy (non-hydrogen) atoms. The first-order valence-electron chi connectivity index (χ1n) is 7.93. The van der Waals surface area contributed by atoms with Gasteiger partial charge < -0.3 is 19.7 Å². The van der Waals surface area contributed by atoms with Crippen LogP contribution in [0.4, 0.5) is 0 Å². The Labute approximate surface area is 150 Å². The normalized spacial score (nSPS) is 11.5. The number of rotatable bonds is 4. The molecule has 0 fully saturated rings. The van der Waals surface area contributed by atoms with E-state index in [1.165, 1.54) is 39.0 Å². The third-order valence-corrected chi connectivity index (χ3v) is 4.03. The number of allylic oxidation sites excluding steroid dienone is 4. The first-order valence-corrected chi connectivity index (χ1v) is 7.93. The van der Waals surface area contributed by atoms with E-state index in [1.807, 2.05) is 0 Å². The molecule has 0 amide bonds. The summed E-state index contributed by atoms with van der Waals surface area (Å²) in [6.07, 6.45) is 6.06. The highest BCUT2D eigenvalue weighted by Gasteiger charge is 2.27. The summed E-state index contributed by atoms with van der Waals surface area (Å²) < 4.78 is 5.02. The Kier molecular flexibility index (Phi) is 5.35. The number of aromatic hydroxyl groups is 3. The van der Waals surface area contributed by atoms with Gasteiger partial charge in [-0.3, -0.25) is 4.79 Å². The van der Waals surface area contributed by atoms with Gasteiger partial charge in [-0.05, 0) is 33.8 Å². The van der Waals surface area contributed by atoms with Crippen molar-refractivity contribution in [1.29, 1.82) is 0 Å². The molecule has 0 aliphatic heterocycles. The molecule has 6 nitrogen and oxygen atoms in total. The van der Waals surface area contributed by atoms with Crippen LogP contribution in [-0.2, 0) is 0 Å². The van der Waals surface area contributed by atoms with E-state index < -0.39 is 22.9 Å². The molecule has 0 aliphatic rings. The van der Waals surface area contributed by atoms with Crippen molar-refractivity contribution < 1.29 is 24.5 Å². The molecule has 1 aromatic carbocycles. The Morgan fingerprint density at radius 1 is 1.00 bits per heavy atom. The molecule has 136 valence electrons. The van der Waals surface area contributed by atoms with Gasteiger partial charge in [0.2, 0.25) is 0 Å². The summed E-state index contributed by atoms with van der Waals surface area (Å²) in [4.78, 5) is 25.0. The van der Waals surface area contributed by atoms with Crippen LogP contribution in [0.1, 0.15) is 34.2 Å². The first-order chi connectivity index (χ1) is 12.2. The summed E-state index contributed by atoms with van der Waals surface area (Å²) in [7, 11) is 0. The molecule has 0 unspecified atom stereocenters. The van der Waals surface area contributed by atoms with Gasteiger partial charge in [0.1, 0.15) is 28.6 Å². The number of hydrogen-bond acceptors (Lipinski definition) is 6. The highest BCUT2D eigenvalue weighted by Crippen LogP contribution is 2.43. The van der Waals surface area contributed by atoms with Crippen LogP contribution in [0.2, 0.25) is 0 Å². The van der Waals surface area contributed by atoms with Crippen molar-refractivity contribution in [3.8, 4) is 28.4 Å². The van der Waals surface area contributed by atoms with Crippen LogP contribution in [0.15, 0.2) is 39.6 Å². The zero-order valence-corrected chi connectivity index (χ0v) is 15.0. The van der Waals surface area contributed by atoms with Crippen LogP contribution in [0.5, 0.6) is 17.2 Å². The minimum absolute atomic E-state index is 0.0630. The molecule has 1 aromatic heterocycles. The topological polar surface area (TPSA) is 108 Å². The van der Waals surface area contributed by atoms with E-state index >= 15 is 0 Å². The van der Waals surface area contributed by atoms with Crippen LogP contribution in [0.25, 0.3) is 11.1 Å². The molecular formula is C20H20O6. The third-order valence-electron chi connectivity index (χ3n) is 4.03. The molecule has 1 heterocycles. The second kappa shape index (κ2) is 7.31. The Morgan fingerprint density at radius 2 is 1.65 bits per heavy atom. The van der Waals surface area contributed by atoms with Crippen molar-refractivity contribution in [1.82, 2.24) is 0 Å². The van der Waals surface area contributed by atoms with Crippen molar-refractivity contribution in [2.75, 3.05) is 0 Å². The number of carbonyl (C=O) groups is 1. The van der Waals surface area contributed by atoms with Crippen molar-refractivity contribution in [2.45, 2.75) is 27.7 Å². The van der Waals surface area contributed by atoms with E-state index in [4.69, 9.17) is 4.42 Å². The quantitative estimate of drug-likeness (QED) is 0.438. The largest absolute Gasteiger partial charge is 0.507 e. The highest BCUT2D eigenvalue weighted by atomic mass is 16.4. The average molecular weight is 356 g/mol. The molecule has 2 rings (SSSR count). The standard InChI is InChI=1S/C20H20O6/c1-5-6-7-8-13(21)16-15(11(3)18(23)12(4)19(16)24)17-14(22)9-10(2)26-20(17)25/h5-9,22-24H,1-4H3/b6-5+,8-7+. The fourth-order valence-corrected chi connectivity index (χ4v) is 2.72. The van der Waals surface area contributed by atoms with Gasteiger partial charge in [0.15, 0.2) is 5.78 Å². The number of phenolic OH excluding ortho intramolecular Hbond substituents is 2. The van der Waals surface area contributed by atoms with Crippen molar-refractivity contribution in [3.05, 3.63) is 63.2 Å². The molecule has 0 saturated heterocycles. The predicted octanol–water partition coefficient (Wildman–Crippen LogP) is 3.66. The molecule has 2 aromatic rings. The number of aryl methyl sites for hydroxylation is 1. The van der Waals surface area contributed by atoms with Gasteiger partial charge in [0.05, 0.1) is 5.56 Å². The molecule has 3 N–H and O–H groups in total. The summed E-state index contributed by atoms with van der Waals surface area (Å²) in [5.74, 6) is -1.53. The lowest BCUT2D eigenvalue weighted by molar-refractivity contribution is 0.104. The molecule has 0 saturated carbocycles. The predicted molar refractivity (Wildman–Crippen MR) is 97.9 cm³/mol. The summed E-state index contributed by atoms with van der Waals surface area (Å²) in [6, 6.07) is 1.23. The third kappa shape index (κ3) is 3.26. The van der Waals surface area contributed by atoms with Gasteiger partial charge in [-0.25, -0.2) is 4.79 Å². The number of ketones is 1. The van der Waals surface area contributed by atoms with Gasteiger partial charge in [0, 0.05) is 22.8 Å². The van der Waals surface area contributed by atoms with E-state index in [-0.39, 0.29) is 39.3 Å². The summed E-state index contributed by atoms with van der Waals surface area (Å²) in [5, 5.41) is 31.0. The second-order valence-corrected chi connectivity index (χ2v) is 5.85. The van der Waals surface area contributed by atoms with Crippen molar-refractivity contribution in [3.63, 3.8) is 0 Å². The molecule has 6 heteroatoms. The van der Waals surface area contributed by atoms with E-state index in [2.05, 4.69) is 0 Å². The van der Waals surface area contributed by atoms with Crippen LogP contribution in [-0.4, -0.2) is 21.1 Å². The van der Waals surface area contributed by atoms with Crippen LogP contribution in [0, 0.1) is 20.8 Å². The maximum absolute atomic E-state index is 12.7. The summed E-state index contributed by atoms with van der Waals surface area (Å²) >= 11 is 0. The zero-order valence-electron chi connectivity index (χ0n) is 15.0. The Bertz CT molecular complexity index is 993. The van der Waals surface area contributed by atoms with Gasteiger partial charge in [-0.1, -0.05) is 18.2 Å². The lowest BCUT2D eigenvalue weighted by Crippen LogP contribution is -2.10. The van der Waals surface area contributed by atoms with Gasteiger partial charge in [-0.15, -0.1) is 0 Å². The lowest BCUT2D eigenvalue weighted by Gasteiger charge is -2.17. The summed E-state index contributed by atoms with van der Waals surface area (Å²) in [6.45, 7) is 6.21. The van der Waals surface area contributed by atoms with Crippen LogP contribution >= 0.6 is 0 Å². The van der Waals surface area contributed by atoms with E-state index in [0.29, 0.717) is 0 Å². The minimum atomic E-state index is -0.875. The molecule has 0 aliphatic carbocycles. The summed E-state index contributed by atoms with van der Waals surface area (Å²) in [5.41, 5.74) is -1.14. The Hall–Kier alpha value is -3.28. The monoisotopic (exact) mass is 356 g/mol. The Balaban J connectivity index is 2.94. The van der Waals surface area contributed by atoms with Crippen LogP contribution < -0.4 is 5.63 Å². The number of benzene rings is 1. The molecule has 0 radical (unpaired) electrons. The Morgan fingerprint density at radius 3 is 2.23 bits per heavy atom. The lowest BCUT2D eigenvalue weighted by atomic mass is 9.89. The number of carbonyl (C=O) groups excluding carboxylic acids is 1. The van der Waals surface area contributed by atoms with Crippen molar-refractivity contribution >= 4 is 5.78 Å². The van der Waals surface area contributed by atoms with Gasteiger partial charge in [0.25, 0.3) is 0 Å². The van der Waals surface area contributed by atoms with Crippen LogP contribution in [0.3, 0.4) is 0 Å².